The van der Waals surface area contributed by atoms with Crippen LogP contribution in [0.1, 0.15) is 25.8 Å². The second-order valence-corrected chi connectivity index (χ2v) is 5.58. The van der Waals surface area contributed by atoms with Crippen molar-refractivity contribution in [2.75, 3.05) is 13.2 Å². The molecule has 0 heterocycles. The highest BCUT2D eigenvalue weighted by Gasteiger charge is 2.33. The third-order valence-electron chi connectivity index (χ3n) is 2.97. The number of carboxylic acids is 1. The van der Waals surface area contributed by atoms with Gasteiger partial charge in [0.05, 0.1) is 18.6 Å². The average Bonchev–Trinajstić information content (AvgIpc) is 2.38. The van der Waals surface area contributed by atoms with Crippen molar-refractivity contribution in [1.82, 2.24) is 0 Å². The Kier molecular flexibility index (Phi) is 6.48. The second kappa shape index (κ2) is 7.62. The summed E-state index contributed by atoms with van der Waals surface area (Å²) >= 11 is 3.37. The average molecular weight is 331 g/mol. The van der Waals surface area contributed by atoms with Gasteiger partial charge in [0.15, 0.2) is 0 Å². The molecule has 0 radical (unpaired) electrons. The minimum atomic E-state index is -0.942. The van der Waals surface area contributed by atoms with Gasteiger partial charge in [-0.05, 0) is 44.4 Å². The van der Waals surface area contributed by atoms with E-state index in [-0.39, 0.29) is 6.61 Å². The van der Waals surface area contributed by atoms with Crippen LogP contribution < -0.4 is 0 Å². The number of hydrogen-bond donors (Lipinski definition) is 1. The Hall–Kier alpha value is -0.910. The highest BCUT2D eigenvalue weighted by molar-refractivity contribution is 9.10. The number of carbonyl (C=O) groups is 1. The zero-order valence-electron chi connectivity index (χ0n) is 11.2. The molecule has 1 N–H and O–H groups in total. The minimum absolute atomic E-state index is 0.0483. The van der Waals surface area contributed by atoms with E-state index in [4.69, 9.17) is 9.78 Å². The largest absolute Gasteiger partial charge is 0.481 e. The molecule has 1 unspecified atom stereocenters. The van der Waals surface area contributed by atoms with Crippen LogP contribution in [-0.2, 0) is 21.0 Å². The lowest BCUT2D eigenvalue weighted by atomic mass is 9.85. The van der Waals surface area contributed by atoms with Gasteiger partial charge in [0.1, 0.15) is 0 Å². The Balaban J connectivity index is 2.58. The monoisotopic (exact) mass is 330 g/mol. The molecule has 0 aliphatic rings. The normalized spacial score (nSPS) is 14.1. The fourth-order valence-electron chi connectivity index (χ4n) is 1.57. The van der Waals surface area contributed by atoms with E-state index in [0.29, 0.717) is 19.4 Å². The Labute approximate surface area is 121 Å². The van der Waals surface area contributed by atoms with Crippen LogP contribution in [0.3, 0.4) is 0 Å². The minimum Gasteiger partial charge on any atom is -0.481 e. The van der Waals surface area contributed by atoms with Gasteiger partial charge in [0.25, 0.3) is 0 Å². The smallest absolute Gasteiger partial charge is 0.311 e. The van der Waals surface area contributed by atoms with Crippen LogP contribution in [0.5, 0.6) is 0 Å². The zero-order chi connectivity index (χ0) is 14.3. The lowest BCUT2D eigenvalue weighted by molar-refractivity contribution is -0.305. The first-order chi connectivity index (χ1) is 8.98. The molecule has 4 nitrogen and oxygen atoms in total. The highest BCUT2D eigenvalue weighted by Crippen LogP contribution is 2.25. The van der Waals surface area contributed by atoms with E-state index >= 15 is 0 Å². The maximum Gasteiger partial charge on any atom is 0.311 e. The predicted octanol–water partition coefficient (Wildman–Crippen LogP) is 3.44. The van der Waals surface area contributed by atoms with Crippen LogP contribution in [0.2, 0.25) is 0 Å². The number of aliphatic carboxylic acids is 1. The van der Waals surface area contributed by atoms with Gasteiger partial charge in [-0.1, -0.05) is 28.1 Å². The first-order valence-electron chi connectivity index (χ1n) is 6.20. The summed E-state index contributed by atoms with van der Waals surface area (Å²) in [5.74, 6) is -0.871. The molecule has 0 fully saturated rings. The standard InChI is InChI=1S/C14H19BrO4/c1-3-18-19-10-14(2,13(16)17)9-8-11-4-6-12(15)7-5-11/h4-7H,3,8-10H2,1-2H3,(H,16,17). The molecule has 0 saturated carbocycles. The first kappa shape index (κ1) is 16.1. The van der Waals surface area contributed by atoms with Gasteiger partial charge in [-0.2, -0.15) is 0 Å². The van der Waals surface area contributed by atoms with Crippen LogP contribution in [0.25, 0.3) is 0 Å². The van der Waals surface area contributed by atoms with Gasteiger partial charge in [0.2, 0.25) is 0 Å². The molecular formula is C14H19BrO4. The quantitative estimate of drug-likeness (QED) is 0.450. The van der Waals surface area contributed by atoms with Gasteiger partial charge in [-0.3, -0.25) is 4.79 Å². The molecule has 19 heavy (non-hydrogen) atoms. The number of aryl methyl sites for hydroxylation is 1. The second-order valence-electron chi connectivity index (χ2n) is 4.66. The summed E-state index contributed by atoms with van der Waals surface area (Å²) in [6, 6.07) is 7.86. The summed E-state index contributed by atoms with van der Waals surface area (Å²) in [6.45, 7) is 3.92. The number of benzene rings is 1. The molecular weight excluding hydrogens is 312 g/mol. The summed E-state index contributed by atoms with van der Waals surface area (Å²) in [7, 11) is 0. The Bertz CT molecular complexity index is 404. The Morgan fingerprint density at radius 3 is 2.47 bits per heavy atom. The van der Waals surface area contributed by atoms with Gasteiger partial charge in [-0.15, -0.1) is 0 Å². The number of halogens is 1. The maximum atomic E-state index is 11.3. The fourth-order valence-corrected chi connectivity index (χ4v) is 1.83. The summed E-state index contributed by atoms with van der Waals surface area (Å²) in [5, 5.41) is 9.31. The summed E-state index contributed by atoms with van der Waals surface area (Å²) in [6.07, 6.45) is 1.18. The molecule has 0 aromatic heterocycles. The van der Waals surface area contributed by atoms with E-state index in [2.05, 4.69) is 15.9 Å². The van der Waals surface area contributed by atoms with Crippen LogP contribution in [0.15, 0.2) is 28.7 Å². The van der Waals surface area contributed by atoms with Gasteiger partial charge < -0.3 is 5.11 Å². The number of hydrogen-bond acceptors (Lipinski definition) is 3. The third kappa shape index (κ3) is 5.30. The van der Waals surface area contributed by atoms with Crippen molar-refractivity contribution in [3.05, 3.63) is 34.3 Å². The van der Waals surface area contributed by atoms with Gasteiger partial charge in [0, 0.05) is 4.47 Å². The van der Waals surface area contributed by atoms with Crippen molar-refractivity contribution >= 4 is 21.9 Å². The number of rotatable bonds is 8. The molecule has 1 aromatic rings. The van der Waals surface area contributed by atoms with Crippen molar-refractivity contribution < 1.29 is 19.7 Å². The molecule has 0 bridgehead atoms. The fraction of sp³-hybridized carbons (Fsp3) is 0.500. The van der Waals surface area contributed by atoms with E-state index in [0.717, 1.165) is 10.0 Å². The van der Waals surface area contributed by atoms with Gasteiger partial charge >= 0.3 is 5.97 Å². The van der Waals surface area contributed by atoms with Crippen LogP contribution in [0.4, 0.5) is 0 Å². The molecule has 106 valence electrons. The van der Waals surface area contributed by atoms with E-state index in [1.807, 2.05) is 24.3 Å². The van der Waals surface area contributed by atoms with Crippen molar-refractivity contribution in [2.24, 2.45) is 5.41 Å². The molecule has 5 heteroatoms. The topological polar surface area (TPSA) is 55.8 Å². The summed E-state index contributed by atoms with van der Waals surface area (Å²) in [4.78, 5) is 21.1. The van der Waals surface area contributed by atoms with Crippen molar-refractivity contribution in [2.45, 2.75) is 26.7 Å². The van der Waals surface area contributed by atoms with E-state index in [1.54, 1.807) is 13.8 Å². The first-order valence-corrected chi connectivity index (χ1v) is 6.99. The molecule has 0 amide bonds. The zero-order valence-corrected chi connectivity index (χ0v) is 12.8. The van der Waals surface area contributed by atoms with E-state index in [9.17, 15) is 9.90 Å². The van der Waals surface area contributed by atoms with Crippen LogP contribution in [-0.4, -0.2) is 24.3 Å². The maximum absolute atomic E-state index is 11.3. The van der Waals surface area contributed by atoms with Crippen LogP contribution >= 0.6 is 15.9 Å². The third-order valence-corrected chi connectivity index (χ3v) is 3.50. The lowest BCUT2D eigenvalue weighted by Crippen LogP contribution is -2.33. The molecule has 1 atom stereocenters. The van der Waals surface area contributed by atoms with Crippen LogP contribution in [0, 0.1) is 5.41 Å². The Morgan fingerprint density at radius 2 is 1.95 bits per heavy atom. The molecule has 0 aliphatic carbocycles. The lowest BCUT2D eigenvalue weighted by Gasteiger charge is -2.23. The highest BCUT2D eigenvalue weighted by atomic mass is 79.9. The summed E-state index contributed by atoms with van der Waals surface area (Å²) < 4.78 is 1.01. The molecule has 0 spiro atoms. The van der Waals surface area contributed by atoms with E-state index in [1.165, 1.54) is 0 Å². The molecule has 0 aliphatic heterocycles. The summed E-state index contributed by atoms with van der Waals surface area (Å²) in [5.41, 5.74) is 0.162. The Morgan fingerprint density at radius 1 is 1.32 bits per heavy atom. The number of carboxylic acid groups (broad SMARTS) is 1. The molecule has 1 rings (SSSR count). The van der Waals surface area contributed by atoms with Crippen molar-refractivity contribution in [3.8, 4) is 0 Å². The van der Waals surface area contributed by atoms with Gasteiger partial charge in [-0.25, -0.2) is 9.78 Å². The van der Waals surface area contributed by atoms with E-state index < -0.39 is 11.4 Å². The SMILES string of the molecule is CCOOCC(C)(CCc1ccc(Br)cc1)C(=O)O. The molecule has 1 aromatic carbocycles. The molecule has 0 saturated heterocycles. The van der Waals surface area contributed by atoms with Crippen molar-refractivity contribution in [3.63, 3.8) is 0 Å². The predicted molar refractivity (Wildman–Crippen MR) is 75.8 cm³/mol. The van der Waals surface area contributed by atoms with Crippen molar-refractivity contribution in [1.29, 1.82) is 0 Å².